The Balaban J connectivity index is 1.72. The standard InChI is InChI=1S/C16H26N2/c1-14(2)18(11-10-17-12-15-8-9-15)13-16-6-4-3-5-7-16/h3-7,14-15,17H,8-13H2,1-2H3. The van der Waals surface area contributed by atoms with Crippen LogP contribution in [0.5, 0.6) is 0 Å². The molecular weight excluding hydrogens is 220 g/mol. The third kappa shape index (κ3) is 4.79. The number of hydrogen-bond acceptors (Lipinski definition) is 2. The molecule has 0 radical (unpaired) electrons. The number of rotatable bonds is 8. The van der Waals surface area contributed by atoms with E-state index in [1.807, 2.05) is 0 Å². The van der Waals surface area contributed by atoms with E-state index in [1.54, 1.807) is 0 Å². The third-order valence-corrected chi connectivity index (χ3v) is 3.66. The molecule has 0 heterocycles. The van der Waals surface area contributed by atoms with E-state index < -0.39 is 0 Å². The van der Waals surface area contributed by atoms with E-state index in [0.717, 1.165) is 25.6 Å². The maximum atomic E-state index is 3.58. The molecule has 2 nitrogen and oxygen atoms in total. The van der Waals surface area contributed by atoms with Gasteiger partial charge < -0.3 is 5.32 Å². The Morgan fingerprint density at radius 3 is 2.56 bits per heavy atom. The second kappa shape index (κ2) is 6.91. The summed E-state index contributed by atoms with van der Waals surface area (Å²) in [5.41, 5.74) is 1.41. The molecule has 0 amide bonds. The lowest BCUT2D eigenvalue weighted by Gasteiger charge is -2.26. The number of nitrogens with zero attached hydrogens (tertiary/aromatic N) is 1. The summed E-state index contributed by atoms with van der Waals surface area (Å²) in [6, 6.07) is 11.4. The van der Waals surface area contributed by atoms with Gasteiger partial charge >= 0.3 is 0 Å². The Kier molecular flexibility index (Phi) is 5.21. The molecule has 1 aromatic carbocycles. The van der Waals surface area contributed by atoms with Gasteiger partial charge in [0, 0.05) is 25.7 Å². The van der Waals surface area contributed by atoms with E-state index in [9.17, 15) is 0 Å². The fourth-order valence-electron chi connectivity index (χ4n) is 2.19. The Bertz CT molecular complexity index is 330. The van der Waals surface area contributed by atoms with E-state index >= 15 is 0 Å². The lowest BCUT2D eigenvalue weighted by Crippen LogP contribution is -2.36. The van der Waals surface area contributed by atoms with E-state index in [4.69, 9.17) is 0 Å². The van der Waals surface area contributed by atoms with Crippen molar-refractivity contribution in [2.45, 2.75) is 39.3 Å². The van der Waals surface area contributed by atoms with Gasteiger partial charge in [-0.3, -0.25) is 4.90 Å². The zero-order valence-electron chi connectivity index (χ0n) is 11.7. The van der Waals surface area contributed by atoms with Crippen LogP contribution in [-0.4, -0.2) is 30.6 Å². The Hall–Kier alpha value is -0.860. The predicted molar refractivity (Wildman–Crippen MR) is 77.6 cm³/mol. The van der Waals surface area contributed by atoms with Crippen LogP contribution in [0.2, 0.25) is 0 Å². The summed E-state index contributed by atoms with van der Waals surface area (Å²) in [6.07, 6.45) is 2.87. The summed E-state index contributed by atoms with van der Waals surface area (Å²) in [4.78, 5) is 2.54. The lowest BCUT2D eigenvalue weighted by atomic mass is 10.2. The van der Waals surface area contributed by atoms with Gasteiger partial charge in [-0.05, 0) is 44.7 Å². The minimum Gasteiger partial charge on any atom is -0.315 e. The molecule has 0 aliphatic heterocycles. The first-order chi connectivity index (χ1) is 8.75. The van der Waals surface area contributed by atoms with Crippen LogP contribution in [-0.2, 0) is 6.54 Å². The van der Waals surface area contributed by atoms with Crippen molar-refractivity contribution in [2.24, 2.45) is 5.92 Å². The maximum absolute atomic E-state index is 3.58. The SMILES string of the molecule is CC(C)N(CCNCC1CC1)Cc1ccccc1. The van der Waals surface area contributed by atoms with Crippen LogP contribution in [0.15, 0.2) is 30.3 Å². The largest absolute Gasteiger partial charge is 0.315 e. The molecule has 0 aromatic heterocycles. The predicted octanol–water partition coefficient (Wildman–Crippen LogP) is 2.90. The van der Waals surface area contributed by atoms with Gasteiger partial charge in [0.15, 0.2) is 0 Å². The lowest BCUT2D eigenvalue weighted by molar-refractivity contribution is 0.213. The molecule has 1 N–H and O–H groups in total. The molecule has 100 valence electrons. The van der Waals surface area contributed by atoms with Crippen LogP contribution >= 0.6 is 0 Å². The Labute approximate surface area is 111 Å². The van der Waals surface area contributed by atoms with Crippen molar-refractivity contribution in [3.8, 4) is 0 Å². The number of benzene rings is 1. The van der Waals surface area contributed by atoms with Gasteiger partial charge in [0.1, 0.15) is 0 Å². The smallest absolute Gasteiger partial charge is 0.0236 e. The highest BCUT2D eigenvalue weighted by Gasteiger charge is 2.20. The van der Waals surface area contributed by atoms with Crippen LogP contribution in [0.1, 0.15) is 32.3 Å². The molecule has 0 unspecified atom stereocenters. The van der Waals surface area contributed by atoms with Crippen LogP contribution in [0.3, 0.4) is 0 Å². The summed E-state index contributed by atoms with van der Waals surface area (Å²) in [5, 5.41) is 3.58. The van der Waals surface area contributed by atoms with Gasteiger partial charge in [-0.25, -0.2) is 0 Å². The minimum atomic E-state index is 0.605. The highest BCUT2D eigenvalue weighted by atomic mass is 15.2. The van der Waals surface area contributed by atoms with Crippen molar-refractivity contribution in [1.82, 2.24) is 10.2 Å². The third-order valence-electron chi connectivity index (χ3n) is 3.66. The number of nitrogens with one attached hydrogen (secondary N) is 1. The van der Waals surface area contributed by atoms with Gasteiger partial charge in [-0.2, -0.15) is 0 Å². The van der Waals surface area contributed by atoms with Gasteiger partial charge in [-0.1, -0.05) is 30.3 Å². The fourth-order valence-corrected chi connectivity index (χ4v) is 2.19. The van der Waals surface area contributed by atoms with Crippen LogP contribution in [0.25, 0.3) is 0 Å². The molecule has 0 spiro atoms. The molecule has 2 rings (SSSR count). The fraction of sp³-hybridized carbons (Fsp3) is 0.625. The van der Waals surface area contributed by atoms with Gasteiger partial charge in [0.2, 0.25) is 0 Å². The quantitative estimate of drug-likeness (QED) is 0.710. The van der Waals surface area contributed by atoms with E-state index in [0.29, 0.717) is 6.04 Å². The average Bonchev–Trinajstić information content (AvgIpc) is 3.18. The first kappa shape index (κ1) is 13.6. The zero-order valence-corrected chi connectivity index (χ0v) is 11.7. The van der Waals surface area contributed by atoms with Crippen molar-refractivity contribution >= 4 is 0 Å². The molecule has 18 heavy (non-hydrogen) atoms. The molecule has 1 aliphatic carbocycles. The second-order valence-electron chi connectivity index (χ2n) is 5.70. The summed E-state index contributed by atoms with van der Waals surface area (Å²) < 4.78 is 0. The second-order valence-corrected chi connectivity index (χ2v) is 5.70. The minimum absolute atomic E-state index is 0.605. The van der Waals surface area contributed by atoms with Gasteiger partial charge in [-0.15, -0.1) is 0 Å². The Morgan fingerprint density at radius 1 is 1.22 bits per heavy atom. The van der Waals surface area contributed by atoms with Crippen molar-refractivity contribution in [3.63, 3.8) is 0 Å². The van der Waals surface area contributed by atoms with Crippen molar-refractivity contribution in [2.75, 3.05) is 19.6 Å². The van der Waals surface area contributed by atoms with E-state index in [-0.39, 0.29) is 0 Å². The van der Waals surface area contributed by atoms with Crippen LogP contribution < -0.4 is 5.32 Å². The molecule has 1 saturated carbocycles. The van der Waals surface area contributed by atoms with Crippen molar-refractivity contribution < 1.29 is 0 Å². The highest BCUT2D eigenvalue weighted by Crippen LogP contribution is 2.27. The maximum Gasteiger partial charge on any atom is 0.0236 e. The number of hydrogen-bond donors (Lipinski definition) is 1. The van der Waals surface area contributed by atoms with Gasteiger partial charge in [0.25, 0.3) is 0 Å². The zero-order chi connectivity index (χ0) is 12.8. The molecule has 1 aromatic rings. The van der Waals surface area contributed by atoms with Crippen molar-refractivity contribution in [1.29, 1.82) is 0 Å². The summed E-state index contributed by atoms with van der Waals surface area (Å²) in [6.45, 7) is 9.09. The average molecular weight is 246 g/mol. The summed E-state index contributed by atoms with van der Waals surface area (Å²) >= 11 is 0. The first-order valence-electron chi connectivity index (χ1n) is 7.24. The summed E-state index contributed by atoms with van der Waals surface area (Å²) in [7, 11) is 0. The van der Waals surface area contributed by atoms with Crippen molar-refractivity contribution in [3.05, 3.63) is 35.9 Å². The molecule has 0 bridgehead atoms. The monoisotopic (exact) mass is 246 g/mol. The van der Waals surface area contributed by atoms with E-state index in [1.165, 1.54) is 24.9 Å². The molecule has 2 heteroatoms. The normalized spacial score (nSPS) is 15.6. The summed E-state index contributed by atoms with van der Waals surface area (Å²) in [5.74, 6) is 0.978. The Morgan fingerprint density at radius 2 is 1.94 bits per heavy atom. The first-order valence-corrected chi connectivity index (χ1v) is 7.24. The highest BCUT2D eigenvalue weighted by molar-refractivity contribution is 5.14. The molecular formula is C16H26N2. The van der Waals surface area contributed by atoms with E-state index in [2.05, 4.69) is 54.4 Å². The van der Waals surface area contributed by atoms with Crippen LogP contribution in [0, 0.1) is 5.92 Å². The molecule has 1 aliphatic rings. The molecule has 1 fully saturated rings. The topological polar surface area (TPSA) is 15.3 Å². The molecule has 0 saturated heterocycles. The van der Waals surface area contributed by atoms with Gasteiger partial charge in [0.05, 0.1) is 0 Å². The van der Waals surface area contributed by atoms with Crippen LogP contribution in [0.4, 0.5) is 0 Å². The molecule has 0 atom stereocenters.